The lowest BCUT2D eigenvalue weighted by molar-refractivity contribution is -0.139. The van der Waals surface area contributed by atoms with Crippen LogP contribution in [0.4, 0.5) is 4.79 Å². The molecule has 8 heteroatoms. The first-order valence-electron chi connectivity index (χ1n) is 10.7. The van der Waals surface area contributed by atoms with E-state index in [0.29, 0.717) is 17.1 Å². The molecule has 0 bridgehead atoms. The monoisotopic (exact) mass is 459 g/mol. The van der Waals surface area contributed by atoms with E-state index in [-0.39, 0.29) is 19.8 Å². The van der Waals surface area contributed by atoms with Crippen molar-refractivity contribution in [2.75, 3.05) is 6.79 Å². The Balaban J connectivity index is 1.23. The number of carbonyl (C=O) groups is 2. The zero-order chi connectivity index (χ0) is 23.5. The fraction of sp³-hybridized carbons (Fsp3) is 0.154. The van der Waals surface area contributed by atoms with Gasteiger partial charge in [-0.25, -0.2) is 9.59 Å². The first-order valence-corrected chi connectivity index (χ1v) is 10.7. The Bertz CT molecular complexity index is 1350. The van der Waals surface area contributed by atoms with Crippen molar-refractivity contribution in [2.24, 2.45) is 0 Å². The third kappa shape index (κ3) is 4.66. The van der Waals surface area contributed by atoms with Crippen LogP contribution < -0.4 is 14.8 Å². The molecule has 34 heavy (non-hydrogen) atoms. The molecule has 1 aliphatic heterocycles. The standard InChI is InChI=1S/C26H21NO7/c28-25(29)21(10-16-4-2-1-3-5-16)27-26(30)31-14-20-12-19-11-17(6-8-22(19)34-20)18-7-9-23-24(13-18)33-15-32-23/h1-9,11-13,21H,10,14-15H2,(H,27,30)(H,28,29). The SMILES string of the molecule is O=C(NC(Cc1ccccc1)C(=O)O)OCc1cc2cc(-c3ccc4c(c3)OCO4)ccc2o1. The highest BCUT2D eigenvalue weighted by Gasteiger charge is 2.21. The summed E-state index contributed by atoms with van der Waals surface area (Å²) >= 11 is 0. The molecule has 1 aliphatic rings. The molecule has 1 amide bonds. The molecule has 1 unspecified atom stereocenters. The number of carboxylic acid groups (broad SMARTS) is 1. The summed E-state index contributed by atoms with van der Waals surface area (Å²) in [6.45, 7) is 0.0908. The third-order valence-corrected chi connectivity index (χ3v) is 5.49. The number of ether oxygens (including phenoxy) is 3. The molecule has 0 saturated carbocycles. The number of fused-ring (bicyclic) bond motifs is 2. The quantitative estimate of drug-likeness (QED) is 0.411. The fourth-order valence-electron chi connectivity index (χ4n) is 3.80. The maximum Gasteiger partial charge on any atom is 0.408 e. The minimum Gasteiger partial charge on any atom is -0.480 e. The molecule has 0 fully saturated rings. The molecule has 172 valence electrons. The second-order valence-corrected chi connectivity index (χ2v) is 7.83. The summed E-state index contributed by atoms with van der Waals surface area (Å²) in [6.07, 6.45) is -0.678. The van der Waals surface area contributed by atoms with Crippen LogP contribution in [0, 0.1) is 0 Å². The molecule has 0 saturated heterocycles. The van der Waals surface area contributed by atoms with Crippen molar-refractivity contribution < 1.29 is 33.3 Å². The van der Waals surface area contributed by atoms with Crippen molar-refractivity contribution in [3.63, 3.8) is 0 Å². The van der Waals surface area contributed by atoms with E-state index in [9.17, 15) is 14.7 Å². The van der Waals surface area contributed by atoms with E-state index in [1.807, 2.05) is 54.6 Å². The topological polar surface area (TPSA) is 107 Å². The van der Waals surface area contributed by atoms with E-state index in [4.69, 9.17) is 18.6 Å². The van der Waals surface area contributed by atoms with Crippen molar-refractivity contribution in [1.82, 2.24) is 5.32 Å². The lowest BCUT2D eigenvalue weighted by atomic mass is 10.0. The molecule has 8 nitrogen and oxygen atoms in total. The Labute approximate surface area is 194 Å². The van der Waals surface area contributed by atoms with Crippen molar-refractivity contribution >= 4 is 23.0 Å². The average Bonchev–Trinajstić information content (AvgIpc) is 3.48. The summed E-state index contributed by atoms with van der Waals surface area (Å²) in [5.41, 5.74) is 3.39. The number of amides is 1. The van der Waals surface area contributed by atoms with E-state index in [1.54, 1.807) is 18.2 Å². The van der Waals surface area contributed by atoms with Gasteiger partial charge < -0.3 is 29.1 Å². The number of benzene rings is 3. The number of nitrogens with one attached hydrogen (secondary N) is 1. The molecular formula is C26H21NO7. The minimum atomic E-state index is -1.14. The second kappa shape index (κ2) is 9.19. The van der Waals surface area contributed by atoms with Crippen LogP contribution in [0.3, 0.4) is 0 Å². The summed E-state index contributed by atoms with van der Waals surface area (Å²) in [6, 6.07) is 21.3. The number of furan rings is 1. The van der Waals surface area contributed by atoms with Crippen LogP contribution in [-0.4, -0.2) is 30.0 Å². The van der Waals surface area contributed by atoms with Crippen molar-refractivity contribution in [3.05, 3.63) is 84.1 Å². The number of hydrogen-bond acceptors (Lipinski definition) is 6. The maximum atomic E-state index is 12.2. The summed E-state index contributed by atoms with van der Waals surface area (Å²) in [5.74, 6) is 0.736. The van der Waals surface area contributed by atoms with Gasteiger partial charge in [-0.05, 0) is 47.0 Å². The third-order valence-electron chi connectivity index (χ3n) is 5.49. The molecule has 0 spiro atoms. The number of rotatable bonds is 7. The van der Waals surface area contributed by atoms with Gasteiger partial charge in [-0.2, -0.15) is 0 Å². The van der Waals surface area contributed by atoms with E-state index in [0.717, 1.165) is 27.8 Å². The Kier molecular flexibility index (Phi) is 5.78. The van der Waals surface area contributed by atoms with E-state index >= 15 is 0 Å². The Hall–Kier alpha value is -4.46. The summed E-state index contributed by atoms with van der Waals surface area (Å²) in [4.78, 5) is 23.7. The zero-order valence-electron chi connectivity index (χ0n) is 18.0. The average molecular weight is 459 g/mol. The predicted molar refractivity (Wildman–Crippen MR) is 123 cm³/mol. The molecule has 0 radical (unpaired) electrons. The first-order chi connectivity index (χ1) is 16.5. The number of aliphatic carboxylic acids is 1. The highest BCUT2D eigenvalue weighted by atomic mass is 16.7. The van der Waals surface area contributed by atoms with Crippen LogP contribution in [0.2, 0.25) is 0 Å². The van der Waals surface area contributed by atoms with Gasteiger partial charge in [0.25, 0.3) is 0 Å². The summed E-state index contributed by atoms with van der Waals surface area (Å²) in [5, 5.41) is 12.7. The highest BCUT2D eigenvalue weighted by Crippen LogP contribution is 2.36. The van der Waals surface area contributed by atoms with Gasteiger partial charge >= 0.3 is 12.1 Å². The number of carboxylic acids is 1. The molecule has 2 heterocycles. The molecule has 5 rings (SSSR count). The highest BCUT2D eigenvalue weighted by molar-refractivity contribution is 5.85. The van der Waals surface area contributed by atoms with Crippen LogP contribution in [0.25, 0.3) is 22.1 Å². The summed E-state index contributed by atoms with van der Waals surface area (Å²) in [7, 11) is 0. The van der Waals surface area contributed by atoms with E-state index in [2.05, 4.69) is 5.32 Å². The van der Waals surface area contributed by atoms with Gasteiger partial charge in [-0.3, -0.25) is 0 Å². The molecular weight excluding hydrogens is 438 g/mol. The van der Waals surface area contributed by atoms with Crippen LogP contribution in [0.5, 0.6) is 11.5 Å². The lowest BCUT2D eigenvalue weighted by Crippen LogP contribution is -2.42. The number of hydrogen-bond donors (Lipinski definition) is 2. The number of alkyl carbamates (subject to hydrolysis) is 1. The van der Waals surface area contributed by atoms with Crippen LogP contribution in [0.1, 0.15) is 11.3 Å². The summed E-state index contributed by atoms with van der Waals surface area (Å²) < 4.78 is 21.8. The van der Waals surface area contributed by atoms with Crippen molar-refractivity contribution in [2.45, 2.75) is 19.1 Å². The normalized spacial score (nSPS) is 12.9. The van der Waals surface area contributed by atoms with E-state index < -0.39 is 18.1 Å². The number of carbonyl (C=O) groups excluding carboxylic acids is 1. The van der Waals surface area contributed by atoms with Gasteiger partial charge in [0.05, 0.1) is 0 Å². The van der Waals surface area contributed by atoms with Crippen molar-refractivity contribution in [3.8, 4) is 22.6 Å². The van der Waals surface area contributed by atoms with Crippen LogP contribution >= 0.6 is 0 Å². The largest absolute Gasteiger partial charge is 0.480 e. The Morgan fingerprint density at radius 2 is 1.71 bits per heavy atom. The van der Waals surface area contributed by atoms with Gasteiger partial charge in [0.1, 0.15) is 17.4 Å². The molecule has 0 aliphatic carbocycles. The van der Waals surface area contributed by atoms with Gasteiger partial charge in [0, 0.05) is 11.8 Å². The maximum absolute atomic E-state index is 12.2. The van der Waals surface area contributed by atoms with Gasteiger partial charge in [-0.15, -0.1) is 0 Å². The zero-order valence-corrected chi connectivity index (χ0v) is 18.0. The fourth-order valence-corrected chi connectivity index (χ4v) is 3.80. The Morgan fingerprint density at radius 1 is 0.941 bits per heavy atom. The second-order valence-electron chi connectivity index (χ2n) is 7.83. The van der Waals surface area contributed by atoms with Crippen LogP contribution in [-0.2, 0) is 22.6 Å². The molecule has 2 N–H and O–H groups in total. The molecule has 1 atom stereocenters. The molecule has 1 aromatic heterocycles. The Morgan fingerprint density at radius 3 is 2.53 bits per heavy atom. The predicted octanol–water partition coefficient (Wildman–Crippen LogP) is 4.75. The van der Waals surface area contributed by atoms with Gasteiger partial charge in [0.2, 0.25) is 6.79 Å². The lowest BCUT2D eigenvalue weighted by Gasteiger charge is -2.14. The molecule has 4 aromatic rings. The van der Waals surface area contributed by atoms with Crippen molar-refractivity contribution in [1.29, 1.82) is 0 Å². The molecule has 3 aromatic carbocycles. The first kappa shape index (κ1) is 21.4. The smallest absolute Gasteiger partial charge is 0.408 e. The van der Waals surface area contributed by atoms with E-state index in [1.165, 1.54) is 0 Å². The van der Waals surface area contributed by atoms with Gasteiger partial charge in [0.15, 0.2) is 18.1 Å². The van der Waals surface area contributed by atoms with Gasteiger partial charge in [-0.1, -0.05) is 42.5 Å². The van der Waals surface area contributed by atoms with Crippen LogP contribution in [0.15, 0.2) is 77.2 Å². The minimum absolute atomic E-state index is 0.127.